The van der Waals surface area contributed by atoms with Crippen LogP contribution in [0.2, 0.25) is 0 Å². The van der Waals surface area contributed by atoms with E-state index in [9.17, 15) is 5.11 Å². The summed E-state index contributed by atoms with van der Waals surface area (Å²) < 4.78 is 5.88. The van der Waals surface area contributed by atoms with Crippen LogP contribution < -0.4 is 10.1 Å². The number of aliphatic imine (C=N–C) groups is 1. The Morgan fingerprint density at radius 1 is 1.42 bits per heavy atom. The fourth-order valence-electron chi connectivity index (χ4n) is 2.77. The Labute approximate surface area is 142 Å². The Morgan fingerprint density at radius 2 is 2.17 bits per heavy atom. The first-order chi connectivity index (χ1) is 11.4. The van der Waals surface area contributed by atoms with Crippen molar-refractivity contribution in [2.45, 2.75) is 57.8 Å². The van der Waals surface area contributed by atoms with Gasteiger partial charge in [-0.2, -0.15) is 15.5 Å². The third kappa shape index (κ3) is 3.67. The van der Waals surface area contributed by atoms with Gasteiger partial charge in [0.05, 0.1) is 17.7 Å². The van der Waals surface area contributed by atoms with Crippen LogP contribution in [0.15, 0.2) is 23.2 Å². The van der Waals surface area contributed by atoms with Crippen LogP contribution in [0.1, 0.15) is 57.2 Å². The van der Waals surface area contributed by atoms with Gasteiger partial charge in [-0.05, 0) is 38.5 Å². The monoisotopic (exact) mass is 326 g/mol. The van der Waals surface area contributed by atoms with Crippen molar-refractivity contribution in [1.82, 2.24) is 5.32 Å². The quantitative estimate of drug-likeness (QED) is 0.503. The normalized spacial score (nSPS) is 21.8. The molecular weight excluding hydrogens is 304 g/mol. The second-order valence-electron chi connectivity index (χ2n) is 6.40. The SMILES string of the molecule is CCCCC(=NC#N)NC1c2cc(C#N)ccc2OC(C)(C)C1O. The van der Waals surface area contributed by atoms with Gasteiger partial charge in [-0.3, -0.25) is 0 Å². The van der Waals surface area contributed by atoms with Crippen molar-refractivity contribution in [1.29, 1.82) is 10.5 Å². The molecule has 2 rings (SSSR count). The maximum absolute atomic E-state index is 10.7. The van der Waals surface area contributed by atoms with Crippen molar-refractivity contribution in [2.24, 2.45) is 4.99 Å². The van der Waals surface area contributed by atoms with Crippen molar-refractivity contribution in [3.05, 3.63) is 29.3 Å². The second kappa shape index (κ2) is 7.33. The fraction of sp³-hybridized carbons (Fsp3) is 0.500. The molecule has 0 spiro atoms. The molecule has 6 nitrogen and oxygen atoms in total. The van der Waals surface area contributed by atoms with E-state index in [1.165, 1.54) is 0 Å². The number of fused-ring (bicyclic) bond motifs is 1. The summed E-state index contributed by atoms with van der Waals surface area (Å²) in [6, 6.07) is 6.73. The highest BCUT2D eigenvalue weighted by Crippen LogP contribution is 2.40. The molecule has 2 atom stereocenters. The van der Waals surface area contributed by atoms with Crippen LogP contribution in [0.25, 0.3) is 0 Å². The summed E-state index contributed by atoms with van der Waals surface area (Å²) in [5, 5.41) is 32.0. The van der Waals surface area contributed by atoms with Crippen LogP contribution in [0.4, 0.5) is 0 Å². The fourth-order valence-corrected chi connectivity index (χ4v) is 2.77. The van der Waals surface area contributed by atoms with Crippen molar-refractivity contribution >= 4 is 5.84 Å². The molecule has 126 valence electrons. The molecule has 0 bridgehead atoms. The number of aliphatic hydroxyl groups is 1. The molecule has 0 radical (unpaired) electrons. The Kier molecular flexibility index (Phi) is 5.43. The van der Waals surface area contributed by atoms with Gasteiger partial charge >= 0.3 is 0 Å². The lowest BCUT2D eigenvalue weighted by atomic mass is 9.85. The second-order valence-corrected chi connectivity index (χ2v) is 6.40. The van der Waals surface area contributed by atoms with Crippen LogP contribution >= 0.6 is 0 Å². The van der Waals surface area contributed by atoms with E-state index in [4.69, 9.17) is 15.3 Å². The van der Waals surface area contributed by atoms with Crippen molar-refractivity contribution in [2.75, 3.05) is 0 Å². The highest BCUT2D eigenvalue weighted by Gasteiger charge is 2.43. The average molecular weight is 326 g/mol. The molecule has 6 heteroatoms. The molecule has 0 fully saturated rings. The number of aliphatic hydroxyl groups excluding tert-OH is 1. The number of hydrogen-bond donors (Lipinski definition) is 2. The summed E-state index contributed by atoms with van der Waals surface area (Å²) in [6.45, 7) is 5.67. The Bertz CT molecular complexity index is 713. The predicted molar refractivity (Wildman–Crippen MR) is 90.3 cm³/mol. The van der Waals surface area contributed by atoms with Gasteiger partial charge < -0.3 is 15.2 Å². The van der Waals surface area contributed by atoms with Gasteiger partial charge in [0.2, 0.25) is 6.19 Å². The van der Waals surface area contributed by atoms with E-state index in [1.807, 2.05) is 6.19 Å². The maximum Gasteiger partial charge on any atom is 0.207 e. The summed E-state index contributed by atoms with van der Waals surface area (Å²) in [5.41, 5.74) is 0.382. The minimum atomic E-state index is -0.857. The molecule has 1 aromatic rings. The predicted octanol–water partition coefficient (Wildman–Crippen LogP) is 2.79. The van der Waals surface area contributed by atoms with Gasteiger partial charge in [0.1, 0.15) is 23.3 Å². The number of hydrogen-bond acceptors (Lipinski definition) is 5. The molecular formula is C18H22N4O2. The number of nitrogens with zero attached hydrogens (tertiary/aromatic N) is 3. The largest absolute Gasteiger partial charge is 0.485 e. The lowest BCUT2D eigenvalue weighted by Gasteiger charge is -2.42. The highest BCUT2D eigenvalue weighted by atomic mass is 16.5. The minimum absolute atomic E-state index is 0.489. The van der Waals surface area contributed by atoms with Crippen LogP contribution in [0.3, 0.4) is 0 Å². The van der Waals surface area contributed by atoms with Crippen molar-refractivity contribution < 1.29 is 9.84 Å². The van der Waals surface area contributed by atoms with E-state index in [-0.39, 0.29) is 0 Å². The van der Waals surface area contributed by atoms with Gasteiger partial charge in [0.25, 0.3) is 0 Å². The summed E-state index contributed by atoms with van der Waals surface area (Å²) in [7, 11) is 0. The molecule has 0 saturated carbocycles. The van der Waals surface area contributed by atoms with Crippen LogP contribution in [0.5, 0.6) is 5.75 Å². The first-order valence-corrected chi connectivity index (χ1v) is 8.06. The first kappa shape index (κ1) is 17.8. The topological polar surface area (TPSA) is 101 Å². The molecule has 24 heavy (non-hydrogen) atoms. The molecule has 1 aliphatic rings. The molecule has 1 aromatic carbocycles. The number of nitrogens with one attached hydrogen (secondary N) is 1. The van der Waals surface area contributed by atoms with Crippen LogP contribution in [0, 0.1) is 22.8 Å². The van der Waals surface area contributed by atoms with Crippen molar-refractivity contribution in [3.8, 4) is 18.0 Å². The van der Waals surface area contributed by atoms with E-state index in [0.717, 1.165) is 12.8 Å². The summed E-state index contributed by atoms with van der Waals surface area (Å²) in [5.74, 6) is 1.16. The van der Waals surface area contributed by atoms with E-state index in [2.05, 4.69) is 23.3 Å². The number of amidine groups is 1. The molecule has 1 aliphatic heterocycles. The summed E-state index contributed by atoms with van der Waals surface area (Å²) >= 11 is 0. The number of rotatable bonds is 4. The Balaban J connectivity index is 2.41. The highest BCUT2D eigenvalue weighted by molar-refractivity contribution is 5.83. The van der Waals surface area contributed by atoms with Gasteiger partial charge in [0, 0.05) is 12.0 Å². The third-order valence-electron chi connectivity index (χ3n) is 4.15. The maximum atomic E-state index is 10.7. The summed E-state index contributed by atoms with van der Waals surface area (Å²) in [6.07, 6.45) is 3.44. The van der Waals surface area contributed by atoms with E-state index in [0.29, 0.717) is 29.1 Å². The average Bonchev–Trinajstić information content (AvgIpc) is 2.56. The van der Waals surface area contributed by atoms with Gasteiger partial charge in [-0.25, -0.2) is 0 Å². The molecule has 0 aliphatic carbocycles. The number of benzene rings is 1. The zero-order valence-electron chi connectivity index (χ0n) is 14.2. The number of ether oxygens (including phenoxy) is 1. The van der Waals surface area contributed by atoms with Gasteiger partial charge in [0.15, 0.2) is 0 Å². The zero-order chi connectivity index (χ0) is 17.7. The van der Waals surface area contributed by atoms with E-state index < -0.39 is 17.7 Å². The van der Waals surface area contributed by atoms with Gasteiger partial charge in [-0.15, -0.1) is 0 Å². The standard InChI is InChI=1S/C18H22N4O2/c1-4-5-6-15(21-11-20)22-16-13-9-12(10-19)7-8-14(13)24-18(2,3)17(16)23/h7-9,16-17,23H,4-6H2,1-3H3,(H,21,22). The Morgan fingerprint density at radius 3 is 2.79 bits per heavy atom. The van der Waals surface area contributed by atoms with Gasteiger partial charge in [-0.1, -0.05) is 13.3 Å². The molecule has 2 N–H and O–H groups in total. The lowest BCUT2D eigenvalue weighted by molar-refractivity contribution is -0.0611. The smallest absolute Gasteiger partial charge is 0.207 e. The first-order valence-electron chi connectivity index (χ1n) is 8.06. The lowest BCUT2D eigenvalue weighted by Crippen LogP contribution is -2.53. The van der Waals surface area contributed by atoms with E-state index in [1.54, 1.807) is 32.0 Å². The van der Waals surface area contributed by atoms with E-state index >= 15 is 0 Å². The van der Waals surface area contributed by atoms with Crippen LogP contribution in [-0.4, -0.2) is 22.6 Å². The molecule has 0 aromatic heterocycles. The number of unbranched alkanes of at least 4 members (excludes halogenated alkanes) is 1. The minimum Gasteiger partial charge on any atom is -0.485 e. The van der Waals surface area contributed by atoms with Crippen molar-refractivity contribution in [3.63, 3.8) is 0 Å². The Hall–Kier alpha value is -2.57. The molecule has 1 heterocycles. The van der Waals surface area contributed by atoms with Crippen LogP contribution in [-0.2, 0) is 0 Å². The molecule has 2 unspecified atom stereocenters. The third-order valence-corrected chi connectivity index (χ3v) is 4.15. The number of nitriles is 2. The molecule has 0 amide bonds. The summed E-state index contributed by atoms with van der Waals surface area (Å²) in [4.78, 5) is 3.85. The molecule has 0 saturated heterocycles. The zero-order valence-corrected chi connectivity index (χ0v) is 14.2.